The quantitative estimate of drug-likeness (QED) is 0.778. The first kappa shape index (κ1) is 10.5. The molecule has 1 heterocycles. The lowest BCUT2D eigenvalue weighted by Gasteiger charge is -2.20. The summed E-state index contributed by atoms with van der Waals surface area (Å²) >= 11 is 0. The number of carboxylic acids is 1. The lowest BCUT2D eigenvalue weighted by Crippen LogP contribution is -2.40. The standard InChI is InChI=1S/C11H13N3O2/c15-10(16)8-13-11-12-6-7-14(11)9-4-2-1-3-5-9/h1-5H,6-8H2,(H,12,13)(H,15,16). The van der Waals surface area contributed by atoms with E-state index >= 15 is 0 Å². The molecule has 84 valence electrons. The number of guanidine groups is 1. The molecule has 5 heteroatoms. The molecule has 1 aliphatic heterocycles. The summed E-state index contributed by atoms with van der Waals surface area (Å²) in [6.07, 6.45) is 0. The second-order valence-electron chi connectivity index (χ2n) is 3.44. The van der Waals surface area contributed by atoms with Gasteiger partial charge >= 0.3 is 5.97 Å². The van der Waals surface area contributed by atoms with Crippen LogP contribution in [0.4, 0.5) is 5.69 Å². The molecule has 0 unspecified atom stereocenters. The summed E-state index contributed by atoms with van der Waals surface area (Å²) in [5.41, 5.74) is 1.02. The van der Waals surface area contributed by atoms with E-state index in [1.807, 2.05) is 35.2 Å². The predicted molar refractivity (Wildman–Crippen MR) is 61.7 cm³/mol. The maximum atomic E-state index is 10.5. The van der Waals surface area contributed by atoms with Crippen LogP contribution in [0, 0.1) is 0 Å². The Labute approximate surface area is 93.4 Å². The van der Waals surface area contributed by atoms with Crippen molar-refractivity contribution in [3.8, 4) is 0 Å². The van der Waals surface area contributed by atoms with E-state index in [2.05, 4.69) is 10.3 Å². The zero-order chi connectivity index (χ0) is 11.4. The fourth-order valence-corrected chi connectivity index (χ4v) is 1.61. The fraction of sp³-hybridized carbons (Fsp3) is 0.273. The number of hydrogen-bond donors (Lipinski definition) is 2. The zero-order valence-electron chi connectivity index (χ0n) is 8.76. The second kappa shape index (κ2) is 4.65. The van der Waals surface area contributed by atoms with Gasteiger partial charge in [-0.15, -0.1) is 0 Å². The molecule has 2 N–H and O–H groups in total. The van der Waals surface area contributed by atoms with Crippen LogP contribution in [0.3, 0.4) is 0 Å². The number of para-hydroxylation sites is 1. The fourth-order valence-electron chi connectivity index (χ4n) is 1.61. The first-order chi connectivity index (χ1) is 7.77. The predicted octanol–water partition coefficient (Wildman–Crippen LogP) is 0.537. The van der Waals surface area contributed by atoms with E-state index in [1.54, 1.807) is 0 Å². The first-order valence-electron chi connectivity index (χ1n) is 5.10. The summed E-state index contributed by atoms with van der Waals surface area (Å²) in [4.78, 5) is 16.7. The third kappa shape index (κ3) is 2.31. The summed E-state index contributed by atoms with van der Waals surface area (Å²) in [6, 6.07) is 9.79. The van der Waals surface area contributed by atoms with Crippen LogP contribution in [0.5, 0.6) is 0 Å². The number of aliphatic carboxylic acids is 1. The number of aliphatic imine (C=N–C) groups is 1. The monoisotopic (exact) mass is 219 g/mol. The molecule has 5 nitrogen and oxygen atoms in total. The zero-order valence-corrected chi connectivity index (χ0v) is 8.76. The van der Waals surface area contributed by atoms with E-state index in [0.29, 0.717) is 12.5 Å². The van der Waals surface area contributed by atoms with E-state index in [4.69, 9.17) is 5.11 Å². The number of nitrogens with zero attached hydrogens (tertiary/aromatic N) is 2. The molecule has 2 rings (SSSR count). The number of nitrogens with one attached hydrogen (secondary N) is 1. The highest BCUT2D eigenvalue weighted by Crippen LogP contribution is 2.15. The van der Waals surface area contributed by atoms with Gasteiger partial charge < -0.3 is 15.3 Å². The van der Waals surface area contributed by atoms with Gasteiger partial charge in [0.15, 0.2) is 5.96 Å². The van der Waals surface area contributed by atoms with Gasteiger partial charge in [0.05, 0.1) is 6.54 Å². The van der Waals surface area contributed by atoms with Gasteiger partial charge in [0.2, 0.25) is 0 Å². The molecule has 1 aromatic rings. The van der Waals surface area contributed by atoms with Crippen molar-refractivity contribution in [3.05, 3.63) is 30.3 Å². The number of carboxylic acid groups (broad SMARTS) is 1. The maximum Gasteiger partial charge on any atom is 0.322 e. The minimum Gasteiger partial charge on any atom is -0.480 e. The molecule has 0 spiro atoms. The van der Waals surface area contributed by atoms with Crippen LogP contribution in [0.25, 0.3) is 0 Å². The SMILES string of the molecule is O=C(O)CNC1=NCCN1c1ccccc1. The van der Waals surface area contributed by atoms with E-state index in [0.717, 1.165) is 12.2 Å². The van der Waals surface area contributed by atoms with E-state index in [-0.39, 0.29) is 6.54 Å². The molecule has 1 aromatic carbocycles. The third-order valence-corrected chi connectivity index (χ3v) is 2.31. The lowest BCUT2D eigenvalue weighted by atomic mass is 10.3. The van der Waals surface area contributed by atoms with Gasteiger partial charge in [-0.05, 0) is 12.1 Å². The average Bonchev–Trinajstić information content (AvgIpc) is 2.75. The maximum absolute atomic E-state index is 10.5. The molecule has 0 bridgehead atoms. The second-order valence-corrected chi connectivity index (χ2v) is 3.44. The van der Waals surface area contributed by atoms with Crippen molar-refractivity contribution >= 4 is 17.6 Å². The van der Waals surface area contributed by atoms with Crippen molar-refractivity contribution in [1.29, 1.82) is 0 Å². The molecule has 0 atom stereocenters. The molecule has 0 saturated heterocycles. The summed E-state index contributed by atoms with van der Waals surface area (Å²) in [6.45, 7) is 1.37. The van der Waals surface area contributed by atoms with Crippen LogP contribution >= 0.6 is 0 Å². The van der Waals surface area contributed by atoms with Gasteiger partial charge in [-0.3, -0.25) is 9.79 Å². The van der Waals surface area contributed by atoms with Crippen molar-refractivity contribution < 1.29 is 9.90 Å². The van der Waals surface area contributed by atoms with Crippen LogP contribution in [0.1, 0.15) is 0 Å². The van der Waals surface area contributed by atoms with Gasteiger partial charge in [-0.25, -0.2) is 0 Å². The van der Waals surface area contributed by atoms with Gasteiger partial charge in [-0.1, -0.05) is 18.2 Å². The summed E-state index contributed by atoms with van der Waals surface area (Å²) in [5.74, 6) is -0.254. The molecule has 1 aliphatic rings. The smallest absolute Gasteiger partial charge is 0.322 e. The van der Waals surface area contributed by atoms with Gasteiger partial charge in [0.25, 0.3) is 0 Å². The highest BCUT2D eigenvalue weighted by Gasteiger charge is 2.18. The normalized spacial score (nSPS) is 14.8. The van der Waals surface area contributed by atoms with Crippen LogP contribution in [-0.4, -0.2) is 36.7 Å². The minimum atomic E-state index is -0.886. The highest BCUT2D eigenvalue weighted by atomic mass is 16.4. The molecular weight excluding hydrogens is 206 g/mol. The minimum absolute atomic E-state index is 0.109. The summed E-state index contributed by atoms with van der Waals surface area (Å²) in [7, 11) is 0. The number of carbonyl (C=O) groups is 1. The van der Waals surface area contributed by atoms with Crippen LogP contribution in [-0.2, 0) is 4.79 Å². The van der Waals surface area contributed by atoms with Crippen LogP contribution in [0.2, 0.25) is 0 Å². The number of hydrogen-bond acceptors (Lipinski definition) is 4. The van der Waals surface area contributed by atoms with Gasteiger partial charge in [0, 0.05) is 12.2 Å². The number of rotatable bonds is 3. The summed E-state index contributed by atoms with van der Waals surface area (Å²) < 4.78 is 0. The van der Waals surface area contributed by atoms with E-state index in [9.17, 15) is 4.79 Å². The van der Waals surface area contributed by atoms with Crippen LogP contribution < -0.4 is 10.2 Å². The van der Waals surface area contributed by atoms with E-state index < -0.39 is 5.97 Å². The topological polar surface area (TPSA) is 64.9 Å². The Morgan fingerprint density at radius 3 is 2.88 bits per heavy atom. The molecular formula is C11H13N3O2. The Morgan fingerprint density at radius 2 is 2.19 bits per heavy atom. The average molecular weight is 219 g/mol. The molecule has 0 fully saturated rings. The highest BCUT2D eigenvalue weighted by molar-refractivity contribution is 5.98. The number of anilines is 1. The van der Waals surface area contributed by atoms with Crippen molar-refractivity contribution in [2.24, 2.45) is 4.99 Å². The third-order valence-electron chi connectivity index (χ3n) is 2.31. The first-order valence-corrected chi connectivity index (χ1v) is 5.10. The van der Waals surface area contributed by atoms with Crippen molar-refractivity contribution in [2.45, 2.75) is 0 Å². The Kier molecular flexibility index (Phi) is 3.05. The summed E-state index contributed by atoms with van der Waals surface area (Å²) in [5, 5.41) is 11.4. The molecule has 16 heavy (non-hydrogen) atoms. The largest absolute Gasteiger partial charge is 0.480 e. The number of benzene rings is 1. The van der Waals surface area contributed by atoms with Gasteiger partial charge in [0.1, 0.15) is 6.54 Å². The van der Waals surface area contributed by atoms with Crippen molar-refractivity contribution in [3.63, 3.8) is 0 Å². The van der Waals surface area contributed by atoms with Crippen LogP contribution in [0.15, 0.2) is 35.3 Å². The molecule has 0 amide bonds. The Morgan fingerprint density at radius 1 is 1.44 bits per heavy atom. The Balaban J connectivity index is 2.06. The lowest BCUT2D eigenvalue weighted by molar-refractivity contribution is -0.135. The molecule has 0 radical (unpaired) electrons. The Hall–Kier alpha value is -2.04. The van der Waals surface area contributed by atoms with Crippen molar-refractivity contribution in [1.82, 2.24) is 5.32 Å². The van der Waals surface area contributed by atoms with Gasteiger partial charge in [-0.2, -0.15) is 0 Å². The molecule has 0 aromatic heterocycles. The molecule has 0 aliphatic carbocycles. The molecule has 0 saturated carbocycles. The van der Waals surface area contributed by atoms with Crippen molar-refractivity contribution in [2.75, 3.05) is 24.5 Å². The van der Waals surface area contributed by atoms with E-state index in [1.165, 1.54) is 0 Å². The Bertz CT molecular complexity index is 403.